The Bertz CT molecular complexity index is 646. The molecule has 0 spiro atoms. The van der Waals surface area contributed by atoms with Gasteiger partial charge in [-0.3, -0.25) is 19.2 Å². The summed E-state index contributed by atoms with van der Waals surface area (Å²) in [6, 6.07) is -0.624. The summed E-state index contributed by atoms with van der Waals surface area (Å²) in [6.45, 7) is 4.55. The maximum Gasteiger partial charge on any atom is 0.303 e. The monoisotopic (exact) mass is 385 g/mol. The first kappa shape index (κ1) is 20.8. The van der Waals surface area contributed by atoms with Gasteiger partial charge >= 0.3 is 17.9 Å². The molecule has 0 aliphatic carbocycles. The summed E-state index contributed by atoms with van der Waals surface area (Å²) in [7, 11) is 0. The highest BCUT2D eigenvalue weighted by Crippen LogP contribution is 2.36. The molecule has 5 atom stereocenters. The van der Waals surface area contributed by atoms with E-state index in [1.54, 1.807) is 6.08 Å². The van der Waals surface area contributed by atoms with Crippen LogP contribution < -0.4 is 5.32 Å². The van der Waals surface area contributed by atoms with Crippen molar-refractivity contribution >= 4 is 23.8 Å². The predicted molar refractivity (Wildman–Crippen MR) is 88.0 cm³/mol. The van der Waals surface area contributed by atoms with Crippen molar-refractivity contribution in [3.63, 3.8) is 0 Å². The summed E-state index contributed by atoms with van der Waals surface area (Å²) in [5.74, 6) is -3.44. The van der Waals surface area contributed by atoms with E-state index in [0.29, 0.717) is 0 Å². The number of amides is 1. The van der Waals surface area contributed by atoms with E-state index in [0.717, 1.165) is 0 Å². The van der Waals surface area contributed by atoms with E-state index in [1.807, 2.05) is 0 Å². The first-order valence-corrected chi connectivity index (χ1v) is 8.38. The van der Waals surface area contributed by atoms with Crippen molar-refractivity contribution in [2.45, 2.75) is 57.8 Å². The minimum absolute atomic E-state index is 0.213. The molecule has 0 aromatic carbocycles. The van der Waals surface area contributed by atoms with Crippen molar-refractivity contribution in [1.29, 1.82) is 0 Å². The van der Waals surface area contributed by atoms with Crippen molar-refractivity contribution in [3.8, 4) is 0 Å². The standard InChI is InChI=1S/C17H23NO9/c1-9(19)18-13-5-6-17(8-24-11(3)21)26-14(7-23-10(2)20)16(15(13)27-17)25-12(4)22/h5-6,13-16H,7-8H2,1-4H3,(H,18,19)/t13-,14-,15-,16-,17-/m1/s1. The fraction of sp³-hybridized carbons (Fsp3) is 0.647. The van der Waals surface area contributed by atoms with E-state index in [2.05, 4.69) is 5.32 Å². The third-order valence-corrected chi connectivity index (χ3v) is 3.89. The lowest BCUT2D eigenvalue weighted by atomic mass is 9.93. The summed E-state index contributed by atoms with van der Waals surface area (Å²) < 4.78 is 27.1. The van der Waals surface area contributed by atoms with Gasteiger partial charge in [-0.15, -0.1) is 0 Å². The fourth-order valence-electron chi connectivity index (χ4n) is 2.92. The van der Waals surface area contributed by atoms with Crippen LogP contribution in [0.5, 0.6) is 0 Å². The molecule has 0 unspecified atom stereocenters. The molecule has 0 aromatic rings. The fourth-order valence-corrected chi connectivity index (χ4v) is 2.92. The van der Waals surface area contributed by atoms with Crippen molar-refractivity contribution in [2.75, 3.05) is 13.2 Å². The second-order valence-electron chi connectivity index (χ2n) is 6.29. The van der Waals surface area contributed by atoms with Gasteiger partial charge in [-0.2, -0.15) is 0 Å². The molecule has 2 heterocycles. The number of esters is 3. The molecule has 1 saturated heterocycles. The highest BCUT2D eigenvalue weighted by atomic mass is 16.8. The van der Waals surface area contributed by atoms with E-state index in [9.17, 15) is 19.2 Å². The van der Waals surface area contributed by atoms with Crippen LogP contribution in [0.1, 0.15) is 27.7 Å². The molecule has 2 rings (SSSR count). The van der Waals surface area contributed by atoms with Crippen molar-refractivity contribution in [1.82, 2.24) is 5.32 Å². The molecule has 1 N–H and O–H groups in total. The van der Waals surface area contributed by atoms with Crippen molar-refractivity contribution in [3.05, 3.63) is 12.2 Å². The van der Waals surface area contributed by atoms with Crippen LogP contribution in [0.4, 0.5) is 0 Å². The van der Waals surface area contributed by atoms with Crippen LogP contribution in [0, 0.1) is 0 Å². The Morgan fingerprint density at radius 2 is 1.67 bits per heavy atom. The number of hydrogen-bond donors (Lipinski definition) is 1. The molecule has 2 aliphatic heterocycles. The van der Waals surface area contributed by atoms with Gasteiger partial charge in [-0.1, -0.05) is 6.08 Å². The molecule has 0 aromatic heterocycles. The van der Waals surface area contributed by atoms with Crippen LogP contribution in [-0.4, -0.2) is 67.2 Å². The lowest BCUT2D eigenvalue weighted by Crippen LogP contribution is -2.67. The van der Waals surface area contributed by atoms with E-state index < -0.39 is 48.0 Å². The van der Waals surface area contributed by atoms with Crippen LogP contribution in [-0.2, 0) is 42.9 Å². The number of ether oxygens (including phenoxy) is 5. The second kappa shape index (κ2) is 8.49. The zero-order chi connectivity index (χ0) is 20.2. The van der Waals surface area contributed by atoms with E-state index in [4.69, 9.17) is 23.7 Å². The maximum absolute atomic E-state index is 11.6. The van der Waals surface area contributed by atoms with Crippen LogP contribution >= 0.6 is 0 Å². The van der Waals surface area contributed by atoms with Gasteiger partial charge < -0.3 is 29.0 Å². The lowest BCUT2D eigenvalue weighted by molar-refractivity contribution is -0.346. The minimum Gasteiger partial charge on any atom is -0.463 e. The van der Waals surface area contributed by atoms with Gasteiger partial charge in [0.1, 0.15) is 25.4 Å². The van der Waals surface area contributed by atoms with Gasteiger partial charge in [0.15, 0.2) is 6.10 Å². The Kier molecular flexibility index (Phi) is 6.55. The quantitative estimate of drug-likeness (QED) is 0.369. The van der Waals surface area contributed by atoms with Gasteiger partial charge in [0.25, 0.3) is 0 Å². The Morgan fingerprint density at radius 1 is 1.00 bits per heavy atom. The molecule has 0 saturated carbocycles. The molecular weight excluding hydrogens is 362 g/mol. The third-order valence-electron chi connectivity index (χ3n) is 3.89. The van der Waals surface area contributed by atoms with Gasteiger partial charge in [0, 0.05) is 27.7 Å². The Labute approximate surface area is 156 Å². The molecule has 2 bridgehead atoms. The molecule has 10 heteroatoms. The molecule has 10 nitrogen and oxygen atoms in total. The average Bonchev–Trinajstić information content (AvgIpc) is 2.56. The number of nitrogens with one attached hydrogen (secondary N) is 1. The Hall–Kier alpha value is -2.46. The molecule has 1 fully saturated rings. The largest absolute Gasteiger partial charge is 0.463 e. The predicted octanol–water partition coefficient (Wildman–Crippen LogP) is -0.401. The van der Waals surface area contributed by atoms with Gasteiger partial charge in [0.2, 0.25) is 11.7 Å². The van der Waals surface area contributed by atoms with E-state index in [-0.39, 0.29) is 19.1 Å². The molecule has 150 valence electrons. The molecule has 2 aliphatic rings. The Morgan fingerprint density at radius 3 is 2.22 bits per heavy atom. The number of carbonyl (C=O) groups excluding carboxylic acids is 4. The zero-order valence-electron chi connectivity index (χ0n) is 15.6. The third kappa shape index (κ3) is 5.51. The minimum atomic E-state index is -1.45. The van der Waals surface area contributed by atoms with Crippen LogP contribution in [0.2, 0.25) is 0 Å². The summed E-state index contributed by atoms with van der Waals surface area (Å²) >= 11 is 0. The first-order valence-electron chi connectivity index (χ1n) is 8.38. The first-order chi connectivity index (χ1) is 12.6. The van der Waals surface area contributed by atoms with Gasteiger partial charge in [-0.05, 0) is 6.08 Å². The van der Waals surface area contributed by atoms with Crippen molar-refractivity contribution in [2.24, 2.45) is 0 Å². The number of hydrogen-bond acceptors (Lipinski definition) is 9. The Balaban J connectivity index is 2.34. The SMILES string of the molecule is CC(=O)N[C@@H]1C=C[C@]2(COC(C)=O)O[C@H]1[C@H](OC(C)=O)[C@@H](COC(C)=O)O2. The van der Waals surface area contributed by atoms with E-state index in [1.165, 1.54) is 33.8 Å². The highest BCUT2D eigenvalue weighted by molar-refractivity contribution is 5.73. The number of fused-ring (bicyclic) bond motifs is 2. The van der Waals surface area contributed by atoms with Crippen molar-refractivity contribution < 1.29 is 42.9 Å². The van der Waals surface area contributed by atoms with E-state index >= 15 is 0 Å². The topological polar surface area (TPSA) is 126 Å². The van der Waals surface area contributed by atoms with Crippen LogP contribution in [0.25, 0.3) is 0 Å². The lowest BCUT2D eigenvalue weighted by Gasteiger charge is -2.50. The van der Waals surface area contributed by atoms with Gasteiger partial charge in [0.05, 0.1) is 6.04 Å². The number of rotatable bonds is 6. The average molecular weight is 385 g/mol. The summed E-state index contributed by atoms with van der Waals surface area (Å²) in [6.07, 6.45) is 0.435. The molecule has 27 heavy (non-hydrogen) atoms. The smallest absolute Gasteiger partial charge is 0.303 e. The second-order valence-corrected chi connectivity index (χ2v) is 6.29. The zero-order valence-corrected chi connectivity index (χ0v) is 15.6. The normalized spacial score (nSPS) is 31.6. The summed E-state index contributed by atoms with van der Waals surface area (Å²) in [4.78, 5) is 45.5. The van der Waals surface area contributed by atoms with Gasteiger partial charge in [-0.25, -0.2) is 0 Å². The molecule has 0 radical (unpaired) electrons. The maximum atomic E-state index is 11.6. The highest BCUT2D eigenvalue weighted by Gasteiger charge is 2.54. The van der Waals surface area contributed by atoms with Crippen LogP contribution in [0.3, 0.4) is 0 Å². The summed E-state index contributed by atoms with van der Waals surface area (Å²) in [5.41, 5.74) is 0. The molecular formula is C17H23NO9. The summed E-state index contributed by atoms with van der Waals surface area (Å²) in [5, 5.41) is 2.69. The number of carbonyl (C=O) groups is 4. The molecule has 1 amide bonds. The van der Waals surface area contributed by atoms with Crippen LogP contribution in [0.15, 0.2) is 12.2 Å².